The fourth-order valence-corrected chi connectivity index (χ4v) is 12.9. The second kappa shape index (κ2) is 63.1. The molecule has 2 aromatic rings. The van der Waals surface area contributed by atoms with E-state index in [-0.39, 0.29) is 47.5 Å². The van der Waals surface area contributed by atoms with Crippen molar-refractivity contribution in [2.75, 3.05) is 0 Å². The first kappa shape index (κ1) is 82.5. The van der Waals surface area contributed by atoms with Crippen molar-refractivity contribution in [3.63, 3.8) is 0 Å². The average molecular weight is 1220 g/mol. The van der Waals surface area contributed by atoms with Crippen LogP contribution in [0.2, 0.25) is 0 Å². The summed E-state index contributed by atoms with van der Waals surface area (Å²) in [5, 5.41) is 0. The zero-order valence-corrected chi connectivity index (χ0v) is 58.9. The fraction of sp³-hybridized carbons (Fsp3) is 0.838. The Morgan fingerprint density at radius 1 is 0.217 bits per heavy atom. The number of benzene rings is 2. The third-order valence-corrected chi connectivity index (χ3v) is 19.3. The van der Waals surface area contributed by atoms with Crippen LogP contribution in [0.1, 0.15) is 397 Å². The van der Waals surface area contributed by atoms with E-state index in [2.05, 4.69) is 13.8 Å². The summed E-state index contributed by atoms with van der Waals surface area (Å²) in [7, 11) is -8.66. The van der Waals surface area contributed by atoms with Gasteiger partial charge in [0.15, 0.2) is 0 Å². The van der Waals surface area contributed by atoms with Gasteiger partial charge in [-0.2, -0.15) is 0 Å². The number of aryl methyl sites for hydroxylation is 2. The molecule has 0 saturated carbocycles. The standard InChI is InChI=1S/2C37H68O3S.Ca/c2*1-2-3-4-5-6-7-8-9-10-11-12-13-14-15-16-17-18-19-20-21-22-23-24-25-26-27-28-29-30-31-36-32-34-37(35-33-36)41(38,39)40;/h2*32-35H,2-31H2,1H3,(H,38,39,40);/q;;+2/p-2. The maximum absolute atomic E-state index is 11.0. The summed E-state index contributed by atoms with van der Waals surface area (Å²) in [5.41, 5.74) is 2.23. The van der Waals surface area contributed by atoms with Crippen LogP contribution in [0.4, 0.5) is 0 Å². The van der Waals surface area contributed by atoms with Gasteiger partial charge in [-0.05, 0) is 61.1 Å². The Bertz CT molecular complexity index is 1690. The molecule has 0 radical (unpaired) electrons. The summed E-state index contributed by atoms with van der Waals surface area (Å²) < 4.78 is 65.9. The molecule has 0 atom stereocenters. The molecule has 83 heavy (non-hydrogen) atoms. The molecule has 0 aliphatic carbocycles. The smallest absolute Gasteiger partial charge is 0.744 e. The third-order valence-electron chi connectivity index (χ3n) is 17.6. The van der Waals surface area contributed by atoms with E-state index in [0.717, 1.165) is 36.8 Å². The molecule has 9 heteroatoms. The Morgan fingerprint density at radius 3 is 0.458 bits per heavy atom. The SMILES string of the molecule is CCCCCCCCCCCCCCCCCCCCCCCCCCCCCCCc1ccc(S(=O)(=O)[O-])cc1.CCCCCCCCCCCCCCCCCCCCCCCCCCCCCCCc1ccc(S(=O)(=O)[O-])cc1.[Ca+2]. The van der Waals surface area contributed by atoms with Crippen LogP contribution in [0.25, 0.3) is 0 Å². The molecule has 2 rings (SSSR count). The molecule has 0 amide bonds. The van der Waals surface area contributed by atoms with E-state index in [9.17, 15) is 25.9 Å². The second-order valence-electron chi connectivity index (χ2n) is 25.5. The molecule has 0 bridgehead atoms. The molecule has 0 heterocycles. The summed E-state index contributed by atoms with van der Waals surface area (Å²) >= 11 is 0. The Balaban J connectivity index is 0.00000160. The number of unbranched alkanes of at least 4 members (excludes halogenated alkanes) is 56. The van der Waals surface area contributed by atoms with Gasteiger partial charge in [0, 0.05) is 0 Å². The maximum Gasteiger partial charge on any atom is 2.00 e. The van der Waals surface area contributed by atoms with Gasteiger partial charge < -0.3 is 9.11 Å². The number of hydrogen-bond acceptors (Lipinski definition) is 6. The van der Waals surface area contributed by atoms with Gasteiger partial charge in [0.05, 0.1) is 9.79 Å². The van der Waals surface area contributed by atoms with Crippen LogP contribution in [0.3, 0.4) is 0 Å². The van der Waals surface area contributed by atoms with Gasteiger partial charge in [-0.3, -0.25) is 0 Å². The van der Waals surface area contributed by atoms with Crippen molar-refractivity contribution in [2.24, 2.45) is 0 Å². The van der Waals surface area contributed by atoms with E-state index in [1.54, 1.807) is 24.3 Å². The summed E-state index contributed by atoms with van der Waals surface area (Å²) in [5.74, 6) is 0. The first-order valence-electron chi connectivity index (χ1n) is 36.2. The molecule has 0 unspecified atom stereocenters. The molecule has 2 aromatic carbocycles. The van der Waals surface area contributed by atoms with E-state index in [4.69, 9.17) is 0 Å². The van der Waals surface area contributed by atoms with Gasteiger partial charge in [-0.1, -0.05) is 398 Å². The molecule has 0 N–H and O–H groups in total. The Hall–Kier alpha value is -0.480. The van der Waals surface area contributed by atoms with Crippen LogP contribution in [0.5, 0.6) is 0 Å². The van der Waals surface area contributed by atoms with Crippen LogP contribution >= 0.6 is 0 Å². The summed E-state index contributed by atoms with van der Waals surface area (Å²) in [6, 6.07) is 12.8. The molecule has 0 saturated heterocycles. The monoisotopic (exact) mass is 1220 g/mol. The molecule has 0 spiro atoms. The Kier molecular flexibility index (Phi) is 62.7. The van der Waals surface area contributed by atoms with Crippen molar-refractivity contribution >= 4 is 58.0 Å². The van der Waals surface area contributed by atoms with Gasteiger partial charge >= 0.3 is 37.7 Å². The summed E-state index contributed by atoms with van der Waals surface area (Å²) in [4.78, 5) is -0.265. The first-order valence-corrected chi connectivity index (χ1v) is 39.0. The van der Waals surface area contributed by atoms with Crippen molar-refractivity contribution < 1.29 is 25.9 Å². The second-order valence-corrected chi connectivity index (χ2v) is 28.3. The predicted octanol–water partition coefficient (Wildman–Crippen LogP) is 24.6. The van der Waals surface area contributed by atoms with Crippen LogP contribution < -0.4 is 0 Å². The summed E-state index contributed by atoms with van der Waals surface area (Å²) in [6.45, 7) is 4.59. The van der Waals surface area contributed by atoms with E-state index in [1.165, 1.54) is 384 Å². The molecule has 0 aliphatic heterocycles. The maximum atomic E-state index is 11.0. The molecule has 0 aliphatic rings. The minimum absolute atomic E-state index is 0. The Morgan fingerprint density at radius 2 is 0.337 bits per heavy atom. The number of hydrogen-bond donors (Lipinski definition) is 0. The quantitative estimate of drug-likeness (QED) is 0.0370. The van der Waals surface area contributed by atoms with Gasteiger partial charge in [-0.25, -0.2) is 16.8 Å². The van der Waals surface area contributed by atoms with E-state index in [1.807, 2.05) is 0 Å². The van der Waals surface area contributed by atoms with Gasteiger partial charge in [0.1, 0.15) is 20.2 Å². The van der Waals surface area contributed by atoms with Crippen molar-refractivity contribution in [2.45, 2.75) is 409 Å². The van der Waals surface area contributed by atoms with Crippen molar-refractivity contribution in [1.82, 2.24) is 0 Å². The molecule has 0 fully saturated rings. The fourth-order valence-electron chi connectivity index (χ4n) is 12.0. The van der Waals surface area contributed by atoms with Crippen LogP contribution in [0, 0.1) is 0 Å². The molecular formula is C74H134CaO6S2. The molecule has 480 valence electrons. The van der Waals surface area contributed by atoms with Crippen LogP contribution in [-0.2, 0) is 33.1 Å². The average Bonchev–Trinajstić information content (AvgIpc) is 3.58. The van der Waals surface area contributed by atoms with Crippen LogP contribution in [-0.4, -0.2) is 63.7 Å². The van der Waals surface area contributed by atoms with Crippen LogP contribution in [0.15, 0.2) is 58.3 Å². The molecule has 6 nitrogen and oxygen atoms in total. The normalized spacial score (nSPS) is 11.7. The summed E-state index contributed by atoms with van der Waals surface area (Å²) in [6.07, 6.45) is 83.9. The van der Waals surface area contributed by atoms with Crippen molar-refractivity contribution in [3.8, 4) is 0 Å². The molecule has 0 aromatic heterocycles. The van der Waals surface area contributed by atoms with Gasteiger partial charge in [0.25, 0.3) is 0 Å². The zero-order chi connectivity index (χ0) is 59.4. The van der Waals surface area contributed by atoms with Gasteiger partial charge in [0.2, 0.25) is 0 Å². The predicted molar refractivity (Wildman–Crippen MR) is 361 cm³/mol. The zero-order valence-electron chi connectivity index (χ0n) is 55.0. The van der Waals surface area contributed by atoms with Crippen molar-refractivity contribution in [3.05, 3.63) is 59.7 Å². The van der Waals surface area contributed by atoms with Gasteiger partial charge in [-0.15, -0.1) is 0 Å². The number of rotatable bonds is 62. The van der Waals surface area contributed by atoms with E-state index < -0.39 is 20.2 Å². The topological polar surface area (TPSA) is 114 Å². The minimum atomic E-state index is -4.33. The molecular weight excluding hydrogens is 1090 g/mol. The largest absolute Gasteiger partial charge is 2.00 e. The minimum Gasteiger partial charge on any atom is -0.744 e. The third kappa shape index (κ3) is 58.9. The van der Waals surface area contributed by atoms with E-state index >= 15 is 0 Å². The van der Waals surface area contributed by atoms with Crippen molar-refractivity contribution in [1.29, 1.82) is 0 Å². The Labute approximate surface area is 547 Å². The first-order chi connectivity index (χ1) is 40.1. The van der Waals surface area contributed by atoms with E-state index in [0.29, 0.717) is 0 Å².